The second kappa shape index (κ2) is 8.21. The minimum Gasteiger partial charge on any atom is -0.439 e. The molecule has 26 heavy (non-hydrogen) atoms. The SMILES string of the molecule is [B]c1ccc(Oc2ccc([N+](=O)[O-])c(N3CCC(CCC)CC3)c2)nc1. The van der Waals surface area contributed by atoms with Crippen LogP contribution in [0.5, 0.6) is 11.6 Å². The summed E-state index contributed by atoms with van der Waals surface area (Å²) in [4.78, 5) is 17.3. The third-order valence-corrected chi connectivity index (χ3v) is 4.78. The van der Waals surface area contributed by atoms with Crippen molar-refractivity contribution in [2.75, 3.05) is 18.0 Å². The lowest BCUT2D eigenvalue weighted by molar-refractivity contribution is -0.384. The monoisotopic (exact) mass is 351 g/mol. The van der Waals surface area contributed by atoms with Crippen LogP contribution < -0.4 is 15.1 Å². The van der Waals surface area contributed by atoms with Gasteiger partial charge in [-0.15, -0.1) is 0 Å². The zero-order valence-corrected chi connectivity index (χ0v) is 14.9. The molecule has 2 heterocycles. The number of ether oxygens (including phenoxy) is 1. The number of anilines is 1. The van der Waals surface area contributed by atoms with Crippen molar-refractivity contribution in [1.82, 2.24) is 4.98 Å². The van der Waals surface area contributed by atoms with Crippen LogP contribution in [-0.2, 0) is 0 Å². The molecule has 1 aromatic heterocycles. The van der Waals surface area contributed by atoms with Crippen LogP contribution in [-0.4, -0.2) is 30.8 Å². The molecule has 7 heteroatoms. The minimum absolute atomic E-state index is 0.108. The number of nitro benzene ring substituents is 1. The van der Waals surface area contributed by atoms with Crippen LogP contribution in [0.4, 0.5) is 11.4 Å². The van der Waals surface area contributed by atoms with Gasteiger partial charge in [-0.3, -0.25) is 10.1 Å². The van der Waals surface area contributed by atoms with Crippen LogP contribution in [0.2, 0.25) is 0 Å². The molecule has 0 saturated carbocycles. The Morgan fingerprint density at radius 3 is 2.69 bits per heavy atom. The van der Waals surface area contributed by atoms with Gasteiger partial charge in [-0.2, -0.15) is 0 Å². The first kappa shape index (κ1) is 18.2. The Hall–Kier alpha value is -2.57. The molecule has 0 atom stereocenters. The van der Waals surface area contributed by atoms with Crippen molar-refractivity contribution in [2.45, 2.75) is 32.6 Å². The number of nitrogens with zero attached hydrogens (tertiary/aromatic N) is 3. The lowest BCUT2D eigenvalue weighted by atomic mass is 9.92. The van der Waals surface area contributed by atoms with E-state index in [4.69, 9.17) is 12.6 Å². The number of aromatic nitrogens is 1. The molecule has 6 nitrogen and oxygen atoms in total. The van der Waals surface area contributed by atoms with Crippen molar-refractivity contribution in [3.63, 3.8) is 0 Å². The van der Waals surface area contributed by atoms with Gasteiger partial charge in [-0.05, 0) is 24.8 Å². The van der Waals surface area contributed by atoms with Crippen molar-refractivity contribution in [3.05, 3.63) is 46.6 Å². The predicted octanol–water partition coefficient (Wildman–Crippen LogP) is 3.59. The number of pyridine rings is 1. The fourth-order valence-electron chi connectivity index (χ4n) is 3.42. The van der Waals surface area contributed by atoms with Gasteiger partial charge in [-0.25, -0.2) is 4.98 Å². The number of piperidine rings is 1. The molecule has 3 rings (SSSR count). The van der Waals surface area contributed by atoms with E-state index in [0.717, 1.165) is 25.9 Å². The first-order valence-corrected chi connectivity index (χ1v) is 8.99. The van der Waals surface area contributed by atoms with E-state index >= 15 is 0 Å². The van der Waals surface area contributed by atoms with Crippen molar-refractivity contribution < 1.29 is 9.66 Å². The topological polar surface area (TPSA) is 68.5 Å². The van der Waals surface area contributed by atoms with Gasteiger partial charge in [-0.1, -0.05) is 31.3 Å². The van der Waals surface area contributed by atoms with E-state index in [1.165, 1.54) is 25.1 Å². The minimum atomic E-state index is -0.335. The molecular weight excluding hydrogens is 329 g/mol. The Labute approximate surface area is 154 Å². The number of hydrogen-bond acceptors (Lipinski definition) is 5. The number of rotatable bonds is 6. The molecule has 134 valence electrons. The van der Waals surface area contributed by atoms with Crippen LogP contribution in [0.1, 0.15) is 32.6 Å². The average molecular weight is 351 g/mol. The Balaban J connectivity index is 1.80. The summed E-state index contributed by atoms with van der Waals surface area (Å²) >= 11 is 0. The highest BCUT2D eigenvalue weighted by atomic mass is 16.6. The molecule has 0 unspecified atom stereocenters. The number of hydrogen-bond donors (Lipinski definition) is 0. The van der Waals surface area contributed by atoms with Crippen LogP contribution >= 0.6 is 0 Å². The summed E-state index contributed by atoms with van der Waals surface area (Å²) in [5.74, 6) is 1.65. The molecule has 1 fully saturated rings. The number of benzene rings is 1. The highest BCUT2D eigenvalue weighted by molar-refractivity contribution is 6.32. The molecule has 1 aliphatic heterocycles. The van der Waals surface area contributed by atoms with Gasteiger partial charge in [0, 0.05) is 37.5 Å². The maximum absolute atomic E-state index is 11.5. The van der Waals surface area contributed by atoms with E-state index in [-0.39, 0.29) is 10.6 Å². The van der Waals surface area contributed by atoms with Gasteiger partial charge < -0.3 is 9.64 Å². The van der Waals surface area contributed by atoms with Gasteiger partial charge in [0.15, 0.2) is 0 Å². The summed E-state index contributed by atoms with van der Waals surface area (Å²) in [6, 6.07) is 8.21. The Kier molecular flexibility index (Phi) is 5.76. The molecule has 1 aromatic carbocycles. The van der Waals surface area contributed by atoms with Gasteiger partial charge in [0.2, 0.25) is 5.88 Å². The van der Waals surface area contributed by atoms with E-state index in [0.29, 0.717) is 28.7 Å². The highest BCUT2D eigenvalue weighted by Gasteiger charge is 2.25. The van der Waals surface area contributed by atoms with E-state index < -0.39 is 0 Å². The highest BCUT2D eigenvalue weighted by Crippen LogP contribution is 2.36. The smallest absolute Gasteiger partial charge is 0.292 e. The first-order chi connectivity index (χ1) is 12.6. The fourth-order valence-corrected chi connectivity index (χ4v) is 3.42. The van der Waals surface area contributed by atoms with Crippen LogP contribution in [0.25, 0.3) is 0 Å². The molecule has 2 radical (unpaired) electrons. The largest absolute Gasteiger partial charge is 0.439 e. The van der Waals surface area contributed by atoms with Crippen molar-refractivity contribution in [2.24, 2.45) is 5.92 Å². The zero-order chi connectivity index (χ0) is 18.5. The molecule has 1 saturated heterocycles. The van der Waals surface area contributed by atoms with E-state index in [2.05, 4.69) is 16.8 Å². The van der Waals surface area contributed by atoms with Gasteiger partial charge in [0.05, 0.1) is 4.92 Å². The summed E-state index contributed by atoms with van der Waals surface area (Å²) in [5.41, 5.74) is 1.27. The average Bonchev–Trinajstić information content (AvgIpc) is 2.64. The summed E-state index contributed by atoms with van der Waals surface area (Å²) in [6.07, 6.45) is 6.05. The third-order valence-electron chi connectivity index (χ3n) is 4.78. The lowest BCUT2D eigenvalue weighted by Gasteiger charge is -2.33. The van der Waals surface area contributed by atoms with Gasteiger partial charge >= 0.3 is 0 Å². The van der Waals surface area contributed by atoms with Crippen molar-refractivity contribution >= 4 is 24.7 Å². The molecule has 1 aliphatic rings. The van der Waals surface area contributed by atoms with E-state index in [9.17, 15) is 10.1 Å². The molecule has 0 spiro atoms. The van der Waals surface area contributed by atoms with Crippen molar-refractivity contribution in [3.8, 4) is 11.6 Å². The molecule has 0 bridgehead atoms. The molecular formula is C19H22BN3O3. The zero-order valence-electron chi connectivity index (χ0n) is 14.9. The summed E-state index contributed by atoms with van der Waals surface area (Å²) in [5, 5.41) is 11.5. The summed E-state index contributed by atoms with van der Waals surface area (Å²) < 4.78 is 5.74. The van der Waals surface area contributed by atoms with E-state index in [1.807, 2.05) is 0 Å². The normalized spacial score (nSPS) is 15.0. The van der Waals surface area contributed by atoms with Gasteiger partial charge in [0.1, 0.15) is 19.3 Å². The molecule has 0 N–H and O–H groups in total. The third kappa shape index (κ3) is 4.34. The van der Waals surface area contributed by atoms with Gasteiger partial charge in [0.25, 0.3) is 5.69 Å². The summed E-state index contributed by atoms with van der Waals surface area (Å²) in [7, 11) is 5.63. The lowest BCUT2D eigenvalue weighted by Crippen LogP contribution is -2.34. The molecule has 2 aromatic rings. The maximum atomic E-state index is 11.5. The molecule has 0 amide bonds. The maximum Gasteiger partial charge on any atom is 0.292 e. The quantitative estimate of drug-likeness (QED) is 0.452. The van der Waals surface area contributed by atoms with Crippen molar-refractivity contribution in [1.29, 1.82) is 0 Å². The first-order valence-electron chi connectivity index (χ1n) is 8.99. The van der Waals surface area contributed by atoms with E-state index in [1.54, 1.807) is 24.3 Å². The second-order valence-corrected chi connectivity index (χ2v) is 6.66. The Morgan fingerprint density at radius 1 is 1.31 bits per heavy atom. The fraction of sp³-hybridized carbons (Fsp3) is 0.421. The Morgan fingerprint density at radius 2 is 2.08 bits per heavy atom. The van der Waals surface area contributed by atoms with Crippen LogP contribution in [0.15, 0.2) is 36.5 Å². The number of nitro groups is 1. The van der Waals surface area contributed by atoms with Crippen LogP contribution in [0.3, 0.4) is 0 Å². The molecule has 0 aliphatic carbocycles. The predicted molar refractivity (Wildman–Crippen MR) is 103 cm³/mol. The second-order valence-electron chi connectivity index (χ2n) is 6.66. The van der Waals surface area contributed by atoms with Crippen LogP contribution in [0, 0.1) is 16.0 Å². The Bertz CT molecular complexity index is 759. The summed E-state index contributed by atoms with van der Waals surface area (Å²) in [6.45, 7) is 3.85. The standard InChI is InChI=1S/C19H22BN3O3/c1-2-3-14-8-10-22(11-9-14)18-12-16(5-6-17(18)23(24)25)26-19-7-4-15(20)13-21-19/h4-7,12-14H,2-3,8-11H2,1H3.